The number of nitrogens with zero attached hydrogens (tertiary/aromatic N) is 3. The van der Waals surface area contributed by atoms with E-state index in [-0.39, 0.29) is 12.4 Å². The van der Waals surface area contributed by atoms with Crippen LogP contribution in [0.3, 0.4) is 0 Å². The van der Waals surface area contributed by atoms with Crippen molar-refractivity contribution in [1.29, 1.82) is 0 Å². The van der Waals surface area contributed by atoms with Crippen LogP contribution >= 0.6 is 0 Å². The van der Waals surface area contributed by atoms with Gasteiger partial charge >= 0.3 is 0 Å². The van der Waals surface area contributed by atoms with E-state index in [2.05, 4.69) is 4.90 Å². The van der Waals surface area contributed by atoms with E-state index in [1.165, 1.54) is 12.1 Å². The van der Waals surface area contributed by atoms with Gasteiger partial charge in [-0.3, -0.25) is 4.90 Å². The van der Waals surface area contributed by atoms with Crippen LogP contribution in [0.4, 0.5) is 4.39 Å². The van der Waals surface area contributed by atoms with E-state index < -0.39 is 6.10 Å². The Bertz CT molecular complexity index is 1460. The number of ether oxygens (including phenoxy) is 2. The van der Waals surface area contributed by atoms with Crippen LogP contribution in [0.2, 0.25) is 0 Å². The molecule has 0 fully saturated rings. The second kappa shape index (κ2) is 13.2. The number of aliphatic hydroxyl groups excluding tert-OH is 1. The molecule has 0 aliphatic heterocycles. The summed E-state index contributed by atoms with van der Waals surface area (Å²) in [5.74, 6) is 1.46. The number of aromatic nitrogens is 2. The first-order valence-electron chi connectivity index (χ1n) is 13.1. The molecule has 3 aromatic carbocycles. The third-order valence-corrected chi connectivity index (χ3v) is 6.40. The zero-order valence-electron chi connectivity index (χ0n) is 22.3. The van der Waals surface area contributed by atoms with Gasteiger partial charge in [0.2, 0.25) is 5.88 Å². The van der Waals surface area contributed by atoms with Crippen LogP contribution in [0.25, 0.3) is 11.3 Å². The van der Waals surface area contributed by atoms with Gasteiger partial charge in [0.05, 0.1) is 37.7 Å². The number of hydrogen-bond acceptors (Lipinski definition) is 6. The molecule has 0 amide bonds. The zero-order chi connectivity index (χ0) is 27.7. The second-order valence-electron chi connectivity index (χ2n) is 9.58. The third kappa shape index (κ3) is 7.24. The van der Waals surface area contributed by atoms with Crippen LogP contribution < -0.4 is 4.74 Å². The molecule has 5 aromatic rings. The Morgan fingerprint density at radius 3 is 2.35 bits per heavy atom. The van der Waals surface area contributed by atoms with E-state index in [4.69, 9.17) is 19.0 Å². The number of furan rings is 1. The summed E-state index contributed by atoms with van der Waals surface area (Å²) in [6, 6.07) is 29.4. The van der Waals surface area contributed by atoms with E-state index in [0.717, 1.165) is 28.1 Å². The van der Waals surface area contributed by atoms with Crippen molar-refractivity contribution in [1.82, 2.24) is 14.7 Å². The summed E-state index contributed by atoms with van der Waals surface area (Å²) in [7, 11) is 1.82. The van der Waals surface area contributed by atoms with Gasteiger partial charge in [-0.1, -0.05) is 60.7 Å². The van der Waals surface area contributed by atoms with Crippen molar-refractivity contribution in [2.24, 2.45) is 7.05 Å². The molecule has 1 atom stereocenters. The Morgan fingerprint density at radius 1 is 0.925 bits per heavy atom. The SMILES string of the molecule is Cn1nc(-c2ccccc2)c(CN(Cc2ccco2)C[C@H](O)COCc2ccccc2)c1Oc1ccc(F)cc1. The van der Waals surface area contributed by atoms with Crippen LogP contribution in [0.1, 0.15) is 16.9 Å². The van der Waals surface area contributed by atoms with Crippen LogP contribution in [0.15, 0.2) is 108 Å². The Morgan fingerprint density at radius 2 is 1.65 bits per heavy atom. The van der Waals surface area contributed by atoms with Gasteiger partial charge in [-0.05, 0) is 42.0 Å². The molecule has 8 heteroatoms. The van der Waals surface area contributed by atoms with E-state index in [9.17, 15) is 9.50 Å². The van der Waals surface area contributed by atoms with Gasteiger partial charge in [0.15, 0.2) is 0 Å². The summed E-state index contributed by atoms with van der Waals surface area (Å²) < 4.78 is 32.9. The molecule has 2 heterocycles. The Hall–Kier alpha value is -4.24. The number of rotatable bonds is 13. The maximum atomic E-state index is 13.5. The van der Waals surface area contributed by atoms with Crippen molar-refractivity contribution in [2.75, 3.05) is 13.2 Å². The van der Waals surface area contributed by atoms with Gasteiger partial charge in [0.1, 0.15) is 23.0 Å². The zero-order valence-corrected chi connectivity index (χ0v) is 22.3. The van der Waals surface area contributed by atoms with Gasteiger partial charge in [0, 0.05) is 25.7 Å². The number of benzene rings is 3. The van der Waals surface area contributed by atoms with E-state index >= 15 is 0 Å². The van der Waals surface area contributed by atoms with Gasteiger partial charge in [-0.2, -0.15) is 5.10 Å². The Balaban J connectivity index is 1.40. The van der Waals surface area contributed by atoms with E-state index in [1.54, 1.807) is 23.1 Å². The Kier molecular flexibility index (Phi) is 9.03. The lowest BCUT2D eigenvalue weighted by Crippen LogP contribution is -2.34. The monoisotopic (exact) mass is 541 g/mol. The van der Waals surface area contributed by atoms with E-state index in [0.29, 0.717) is 37.9 Å². The largest absolute Gasteiger partial charge is 0.468 e. The predicted molar refractivity (Wildman–Crippen MR) is 150 cm³/mol. The highest BCUT2D eigenvalue weighted by atomic mass is 19.1. The average Bonchev–Trinajstić information content (AvgIpc) is 3.59. The maximum absolute atomic E-state index is 13.5. The number of hydrogen-bond donors (Lipinski definition) is 1. The Labute approximate surface area is 233 Å². The van der Waals surface area contributed by atoms with Crippen molar-refractivity contribution in [3.8, 4) is 22.9 Å². The normalized spacial score (nSPS) is 12.1. The van der Waals surface area contributed by atoms with Crippen LogP contribution in [-0.2, 0) is 31.5 Å². The molecule has 2 aromatic heterocycles. The molecule has 1 N–H and O–H groups in total. The highest BCUT2D eigenvalue weighted by Gasteiger charge is 2.24. The second-order valence-corrected chi connectivity index (χ2v) is 9.58. The lowest BCUT2D eigenvalue weighted by molar-refractivity contribution is 0.00606. The topological polar surface area (TPSA) is 72.9 Å². The smallest absolute Gasteiger partial charge is 0.222 e. The molecule has 7 nitrogen and oxygen atoms in total. The van der Waals surface area contributed by atoms with Crippen molar-refractivity contribution >= 4 is 0 Å². The van der Waals surface area contributed by atoms with Gasteiger partial charge in [-0.25, -0.2) is 9.07 Å². The number of aryl methyl sites for hydroxylation is 1. The first kappa shape index (κ1) is 27.3. The summed E-state index contributed by atoms with van der Waals surface area (Å²) in [6.07, 6.45) is 0.895. The van der Waals surface area contributed by atoms with Crippen LogP contribution in [0.5, 0.6) is 11.6 Å². The highest BCUT2D eigenvalue weighted by molar-refractivity contribution is 5.65. The highest BCUT2D eigenvalue weighted by Crippen LogP contribution is 2.34. The lowest BCUT2D eigenvalue weighted by atomic mass is 10.1. The quantitative estimate of drug-likeness (QED) is 0.192. The summed E-state index contributed by atoms with van der Waals surface area (Å²) >= 11 is 0. The van der Waals surface area contributed by atoms with Crippen molar-refractivity contribution in [3.63, 3.8) is 0 Å². The molecule has 0 aliphatic carbocycles. The minimum Gasteiger partial charge on any atom is -0.468 e. The fourth-order valence-electron chi connectivity index (χ4n) is 4.53. The molecule has 206 valence electrons. The number of aliphatic hydroxyl groups is 1. The molecule has 0 unspecified atom stereocenters. The molecule has 0 saturated heterocycles. The molecule has 40 heavy (non-hydrogen) atoms. The molecular weight excluding hydrogens is 509 g/mol. The third-order valence-electron chi connectivity index (χ3n) is 6.40. The summed E-state index contributed by atoms with van der Waals surface area (Å²) in [5.41, 5.74) is 3.58. The molecule has 5 rings (SSSR count). The fraction of sp³-hybridized carbons (Fsp3) is 0.219. The average molecular weight is 542 g/mol. The minimum atomic E-state index is -0.739. The van der Waals surface area contributed by atoms with Crippen molar-refractivity contribution in [2.45, 2.75) is 25.8 Å². The van der Waals surface area contributed by atoms with Gasteiger partial charge in [0.25, 0.3) is 0 Å². The maximum Gasteiger partial charge on any atom is 0.222 e. The van der Waals surface area contributed by atoms with Crippen LogP contribution in [-0.4, -0.2) is 39.0 Å². The standard InChI is InChI=1S/C32H32FN3O4/c1-35-32(40-28-16-14-26(33)15-17-28)30(31(34-35)25-11-6-3-7-12-25)21-36(20-29-13-8-18-39-29)19-27(37)23-38-22-24-9-4-2-5-10-24/h2-18,27,37H,19-23H2,1H3/t27-/m0/s1. The first-order chi connectivity index (χ1) is 19.5. The molecule has 0 saturated carbocycles. The summed E-state index contributed by atoms with van der Waals surface area (Å²) in [4.78, 5) is 2.08. The van der Waals surface area contributed by atoms with Gasteiger partial charge in [-0.15, -0.1) is 0 Å². The fourth-order valence-corrected chi connectivity index (χ4v) is 4.53. The van der Waals surface area contributed by atoms with E-state index in [1.807, 2.05) is 79.8 Å². The molecule has 0 aliphatic rings. The van der Waals surface area contributed by atoms with Crippen molar-refractivity contribution < 1.29 is 23.4 Å². The first-order valence-corrected chi connectivity index (χ1v) is 13.1. The molecule has 0 spiro atoms. The van der Waals surface area contributed by atoms with Crippen LogP contribution in [0, 0.1) is 5.82 Å². The van der Waals surface area contributed by atoms with Gasteiger partial charge < -0.3 is 19.0 Å². The lowest BCUT2D eigenvalue weighted by Gasteiger charge is -2.25. The van der Waals surface area contributed by atoms with Crippen molar-refractivity contribution in [3.05, 3.63) is 126 Å². The molecule has 0 radical (unpaired) electrons. The summed E-state index contributed by atoms with van der Waals surface area (Å²) in [6.45, 7) is 1.80. The number of halogens is 1. The minimum absolute atomic E-state index is 0.182. The predicted octanol–water partition coefficient (Wildman–Crippen LogP) is 6.19. The molecular formula is C32H32FN3O4. The summed E-state index contributed by atoms with van der Waals surface area (Å²) in [5, 5.41) is 15.7. The molecule has 0 bridgehead atoms.